The van der Waals surface area contributed by atoms with Crippen LogP contribution in [-0.2, 0) is 5.41 Å². The normalized spacial score (nSPS) is 14.2. The van der Waals surface area contributed by atoms with Gasteiger partial charge in [0.2, 0.25) is 0 Å². The second-order valence-electron chi connectivity index (χ2n) is 8.88. The summed E-state index contributed by atoms with van der Waals surface area (Å²) in [6.45, 7) is 15.5. The highest BCUT2D eigenvalue weighted by Gasteiger charge is 2.23. The smallest absolute Gasteiger partial charge is 0.135 e. The first-order valence-corrected chi connectivity index (χ1v) is 11.1. The van der Waals surface area contributed by atoms with E-state index < -0.39 is 0 Å². The van der Waals surface area contributed by atoms with Crippen molar-refractivity contribution < 1.29 is 9.47 Å². The monoisotopic (exact) mass is 392 g/mol. The third kappa shape index (κ3) is 4.22. The van der Waals surface area contributed by atoms with E-state index in [4.69, 9.17) is 9.47 Å². The Kier molecular flexibility index (Phi) is 6.41. The van der Waals surface area contributed by atoms with Gasteiger partial charge in [-0.1, -0.05) is 71.0 Å². The maximum atomic E-state index is 6.52. The summed E-state index contributed by atoms with van der Waals surface area (Å²) in [7, 11) is 0. The SMILES string of the molecule is CCC(C)Oc1c2ccccc2c(OC(C)CC)c2cc(C(C)(C)CC)ccc12. The van der Waals surface area contributed by atoms with Crippen molar-refractivity contribution in [3.8, 4) is 11.5 Å². The van der Waals surface area contributed by atoms with Crippen LogP contribution in [0.4, 0.5) is 0 Å². The summed E-state index contributed by atoms with van der Waals surface area (Å²) in [5, 5.41) is 4.55. The van der Waals surface area contributed by atoms with Gasteiger partial charge in [-0.3, -0.25) is 0 Å². The van der Waals surface area contributed by atoms with E-state index in [9.17, 15) is 0 Å². The number of hydrogen-bond donors (Lipinski definition) is 0. The third-order valence-electron chi connectivity index (χ3n) is 6.38. The number of fused-ring (bicyclic) bond motifs is 2. The molecule has 0 heterocycles. The van der Waals surface area contributed by atoms with Gasteiger partial charge in [-0.25, -0.2) is 0 Å². The summed E-state index contributed by atoms with van der Waals surface area (Å²) >= 11 is 0. The van der Waals surface area contributed by atoms with E-state index in [0.717, 1.165) is 52.3 Å². The van der Waals surface area contributed by atoms with E-state index in [2.05, 4.69) is 90.9 Å². The van der Waals surface area contributed by atoms with Gasteiger partial charge >= 0.3 is 0 Å². The van der Waals surface area contributed by atoms with Crippen LogP contribution >= 0.6 is 0 Å². The van der Waals surface area contributed by atoms with Crippen molar-refractivity contribution in [1.29, 1.82) is 0 Å². The average Bonchev–Trinajstić information content (AvgIpc) is 2.74. The van der Waals surface area contributed by atoms with Gasteiger partial charge in [0.1, 0.15) is 11.5 Å². The Morgan fingerprint density at radius 2 is 1.21 bits per heavy atom. The van der Waals surface area contributed by atoms with Crippen LogP contribution in [-0.4, -0.2) is 12.2 Å². The molecule has 3 aromatic carbocycles. The first-order chi connectivity index (χ1) is 13.8. The Morgan fingerprint density at radius 3 is 1.69 bits per heavy atom. The summed E-state index contributed by atoms with van der Waals surface area (Å²) in [6, 6.07) is 15.3. The Balaban J connectivity index is 2.39. The highest BCUT2D eigenvalue weighted by atomic mass is 16.5. The van der Waals surface area contributed by atoms with Gasteiger partial charge in [-0.15, -0.1) is 0 Å². The summed E-state index contributed by atoms with van der Waals surface area (Å²) in [4.78, 5) is 0. The van der Waals surface area contributed by atoms with Crippen molar-refractivity contribution >= 4 is 21.5 Å². The van der Waals surface area contributed by atoms with Crippen molar-refractivity contribution in [2.45, 2.75) is 85.4 Å². The fourth-order valence-electron chi connectivity index (χ4n) is 3.55. The fraction of sp³-hybridized carbons (Fsp3) is 0.481. The fourth-order valence-corrected chi connectivity index (χ4v) is 3.55. The van der Waals surface area contributed by atoms with Crippen LogP contribution in [0.3, 0.4) is 0 Å². The molecule has 2 nitrogen and oxygen atoms in total. The molecule has 0 fully saturated rings. The van der Waals surface area contributed by atoms with E-state index in [1.807, 2.05) is 0 Å². The molecule has 2 heteroatoms. The van der Waals surface area contributed by atoms with Crippen LogP contribution in [0.15, 0.2) is 42.5 Å². The van der Waals surface area contributed by atoms with Gasteiger partial charge in [0.15, 0.2) is 0 Å². The number of hydrogen-bond acceptors (Lipinski definition) is 2. The highest BCUT2D eigenvalue weighted by Crippen LogP contribution is 2.45. The van der Waals surface area contributed by atoms with E-state index in [-0.39, 0.29) is 17.6 Å². The Labute approximate surface area is 176 Å². The Hall–Kier alpha value is -2.22. The van der Waals surface area contributed by atoms with Crippen molar-refractivity contribution in [2.24, 2.45) is 0 Å². The van der Waals surface area contributed by atoms with Gasteiger partial charge in [0, 0.05) is 21.5 Å². The first-order valence-electron chi connectivity index (χ1n) is 11.1. The van der Waals surface area contributed by atoms with Crippen LogP contribution in [0.25, 0.3) is 21.5 Å². The van der Waals surface area contributed by atoms with E-state index in [1.165, 1.54) is 5.56 Å². The van der Waals surface area contributed by atoms with Gasteiger partial charge in [0.25, 0.3) is 0 Å². The number of benzene rings is 3. The molecular weight excluding hydrogens is 356 g/mol. The number of rotatable bonds is 8. The zero-order valence-electron chi connectivity index (χ0n) is 19.1. The molecule has 0 saturated heterocycles. The minimum atomic E-state index is 0.116. The largest absolute Gasteiger partial charge is 0.489 e. The molecule has 0 N–H and O–H groups in total. The molecule has 2 atom stereocenters. The van der Waals surface area contributed by atoms with E-state index in [1.54, 1.807) is 0 Å². The zero-order valence-corrected chi connectivity index (χ0v) is 19.1. The lowest BCUT2D eigenvalue weighted by molar-refractivity contribution is 0.219. The number of ether oxygens (including phenoxy) is 2. The Bertz CT molecular complexity index is 987. The van der Waals surface area contributed by atoms with Crippen LogP contribution in [0, 0.1) is 0 Å². The molecular formula is C27H36O2. The molecule has 0 spiro atoms. The van der Waals surface area contributed by atoms with Gasteiger partial charge in [-0.2, -0.15) is 0 Å². The van der Waals surface area contributed by atoms with E-state index >= 15 is 0 Å². The standard InChI is InChI=1S/C27H36O2/c1-8-18(4)28-25-21-13-11-12-14-22(21)26(29-19(5)9-2)24-17-20(15-16-23(24)25)27(6,7)10-3/h11-19H,8-10H2,1-7H3. The van der Waals surface area contributed by atoms with Gasteiger partial charge in [0.05, 0.1) is 12.2 Å². The minimum absolute atomic E-state index is 0.116. The third-order valence-corrected chi connectivity index (χ3v) is 6.38. The molecule has 2 unspecified atom stereocenters. The lowest BCUT2D eigenvalue weighted by Gasteiger charge is -2.26. The summed E-state index contributed by atoms with van der Waals surface area (Å²) in [6.07, 6.45) is 3.35. The molecule has 29 heavy (non-hydrogen) atoms. The summed E-state index contributed by atoms with van der Waals surface area (Å²) in [5.74, 6) is 1.96. The molecule has 156 valence electrons. The van der Waals surface area contributed by atoms with E-state index in [0.29, 0.717) is 0 Å². The predicted octanol–water partition coefficient (Wildman–Crippen LogP) is 8.04. The van der Waals surface area contributed by atoms with Gasteiger partial charge < -0.3 is 9.47 Å². The molecule has 0 aliphatic carbocycles. The lowest BCUT2D eigenvalue weighted by Crippen LogP contribution is -2.16. The Morgan fingerprint density at radius 1 is 0.724 bits per heavy atom. The maximum Gasteiger partial charge on any atom is 0.135 e. The quantitative estimate of drug-likeness (QED) is 0.361. The first kappa shape index (κ1) is 21.5. The molecule has 0 radical (unpaired) electrons. The molecule has 0 amide bonds. The molecule has 3 rings (SSSR count). The summed E-state index contributed by atoms with van der Waals surface area (Å²) < 4.78 is 13.0. The average molecular weight is 393 g/mol. The maximum absolute atomic E-state index is 6.52. The topological polar surface area (TPSA) is 18.5 Å². The summed E-state index contributed by atoms with van der Waals surface area (Å²) in [5.41, 5.74) is 1.46. The van der Waals surface area contributed by atoms with Crippen molar-refractivity contribution in [3.05, 3.63) is 48.0 Å². The highest BCUT2D eigenvalue weighted by molar-refractivity contribution is 6.11. The molecule has 0 aromatic heterocycles. The predicted molar refractivity (Wildman–Crippen MR) is 126 cm³/mol. The second kappa shape index (κ2) is 8.65. The molecule has 3 aromatic rings. The van der Waals surface area contributed by atoms with Crippen molar-refractivity contribution in [1.82, 2.24) is 0 Å². The van der Waals surface area contributed by atoms with Crippen molar-refractivity contribution in [3.63, 3.8) is 0 Å². The van der Waals surface area contributed by atoms with Gasteiger partial charge in [-0.05, 0) is 50.2 Å². The minimum Gasteiger partial charge on any atom is -0.489 e. The second-order valence-corrected chi connectivity index (χ2v) is 8.88. The van der Waals surface area contributed by atoms with Crippen LogP contribution in [0.1, 0.15) is 73.3 Å². The molecule has 0 saturated carbocycles. The molecule has 0 aliphatic heterocycles. The molecule has 0 bridgehead atoms. The zero-order chi connectivity index (χ0) is 21.2. The molecule has 0 aliphatic rings. The van der Waals surface area contributed by atoms with Crippen LogP contribution in [0.2, 0.25) is 0 Å². The lowest BCUT2D eigenvalue weighted by atomic mass is 9.81. The van der Waals surface area contributed by atoms with Crippen LogP contribution in [0.5, 0.6) is 11.5 Å². The van der Waals surface area contributed by atoms with Crippen LogP contribution < -0.4 is 9.47 Å². The van der Waals surface area contributed by atoms with Crippen molar-refractivity contribution in [2.75, 3.05) is 0 Å².